The summed E-state index contributed by atoms with van der Waals surface area (Å²) in [6.07, 6.45) is 7.73. The quantitative estimate of drug-likeness (QED) is 0.586. The van der Waals surface area contributed by atoms with Crippen molar-refractivity contribution < 1.29 is 0 Å². The number of nitrogens with zero attached hydrogens (tertiary/aromatic N) is 2. The molecule has 0 bridgehead atoms. The van der Waals surface area contributed by atoms with Gasteiger partial charge in [-0.25, -0.2) is 4.98 Å². The number of rotatable bonds is 7. The Hall–Kier alpha value is -0.540. The van der Waals surface area contributed by atoms with Crippen molar-refractivity contribution in [2.75, 3.05) is 19.0 Å². The van der Waals surface area contributed by atoms with Gasteiger partial charge in [-0.1, -0.05) is 0 Å². The van der Waals surface area contributed by atoms with Crippen molar-refractivity contribution in [3.63, 3.8) is 0 Å². The molecule has 4 heteroatoms. The van der Waals surface area contributed by atoms with E-state index in [-0.39, 0.29) is 0 Å². The Morgan fingerprint density at radius 1 is 1.56 bits per heavy atom. The number of hydrogen-bond acceptors (Lipinski definition) is 2. The molecule has 0 aliphatic heterocycles. The van der Waals surface area contributed by atoms with Crippen LogP contribution in [-0.4, -0.2) is 28.5 Å². The average molecular weight is 242 g/mol. The van der Waals surface area contributed by atoms with E-state index in [9.17, 15) is 0 Å². The first-order chi connectivity index (χ1) is 7.76. The second kappa shape index (κ2) is 5.19. The highest BCUT2D eigenvalue weighted by atomic mass is 35.5. The fraction of sp³-hybridized carbons (Fsp3) is 0.750. The van der Waals surface area contributed by atoms with E-state index in [0.717, 1.165) is 37.8 Å². The zero-order valence-electron chi connectivity index (χ0n) is 9.88. The smallest absolute Gasteiger partial charge is 0.105 e. The Bertz CT molecular complexity index is 331. The molecule has 0 radical (unpaired) electrons. The molecule has 1 heterocycles. The minimum absolute atomic E-state index is 0.533. The molecule has 2 rings (SSSR count). The van der Waals surface area contributed by atoms with Gasteiger partial charge in [-0.05, 0) is 31.6 Å². The lowest BCUT2D eigenvalue weighted by Crippen LogP contribution is -2.27. The largest absolute Gasteiger partial charge is 0.334 e. The van der Waals surface area contributed by atoms with Crippen molar-refractivity contribution in [2.24, 2.45) is 5.41 Å². The van der Waals surface area contributed by atoms with Crippen molar-refractivity contribution >= 4 is 11.6 Å². The van der Waals surface area contributed by atoms with Crippen LogP contribution in [0.2, 0.25) is 0 Å². The Labute approximate surface area is 102 Å². The van der Waals surface area contributed by atoms with Crippen LogP contribution in [0.3, 0.4) is 0 Å². The fourth-order valence-corrected chi connectivity index (χ4v) is 2.49. The highest BCUT2D eigenvalue weighted by Crippen LogP contribution is 2.48. The highest BCUT2D eigenvalue weighted by molar-refractivity contribution is 6.17. The van der Waals surface area contributed by atoms with Crippen LogP contribution in [0.4, 0.5) is 0 Å². The van der Waals surface area contributed by atoms with E-state index in [0.29, 0.717) is 5.41 Å². The molecule has 0 unspecified atom stereocenters. The van der Waals surface area contributed by atoms with Crippen molar-refractivity contribution in [2.45, 2.75) is 32.7 Å². The van der Waals surface area contributed by atoms with E-state index in [1.165, 1.54) is 12.8 Å². The molecular weight excluding hydrogens is 222 g/mol. The molecule has 1 aliphatic carbocycles. The summed E-state index contributed by atoms with van der Waals surface area (Å²) < 4.78 is 2.17. The molecule has 1 fully saturated rings. The summed E-state index contributed by atoms with van der Waals surface area (Å²) in [5.41, 5.74) is 0.533. The van der Waals surface area contributed by atoms with Crippen LogP contribution >= 0.6 is 11.6 Å². The Balaban J connectivity index is 1.64. The minimum atomic E-state index is 0.533. The number of imidazole rings is 1. The molecule has 0 saturated heterocycles. The first-order valence-electron chi connectivity index (χ1n) is 6.00. The monoisotopic (exact) mass is 241 g/mol. The summed E-state index contributed by atoms with van der Waals surface area (Å²) >= 11 is 5.80. The van der Waals surface area contributed by atoms with Crippen LogP contribution in [0.5, 0.6) is 0 Å². The van der Waals surface area contributed by atoms with Gasteiger partial charge in [-0.2, -0.15) is 0 Å². The summed E-state index contributed by atoms with van der Waals surface area (Å²) in [4.78, 5) is 4.20. The van der Waals surface area contributed by atoms with Gasteiger partial charge in [0.15, 0.2) is 0 Å². The van der Waals surface area contributed by atoms with Crippen molar-refractivity contribution in [3.8, 4) is 0 Å². The lowest BCUT2D eigenvalue weighted by Gasteiger charge is -2.14. The number of aromatic nitrogens is 2. The number of hydrogen-bond donors (Lipinski definition) is 1. The minimum Gasteiger partial charge on any atom is -0.334 e. The van der Waals surface area contributed by atoms with E-state index in [2.05, 4.69) is 14.9 Å². The normalized spacial score (nSPS) is 17.6. The zero-order valence-corrected chi connectivity index (χ0v) is 10.6. The topological polar surface area (TPSA) is 29.9 Å². The van der Waals surface area contributed by atoms with Crippen LogP contribution in [0, 0.1) is 12.3 Å². The van der Waals surface area contributed by atoms with Gasteiger partial charge in [-0.15, -0.1) is 11.6 Å². The van der Waals surface area contributed by atoms with Gasteiger partial charge >= 0.3 is 0 Å². The van der Waals surface area contributed by atoms with Crippen LogP contribution in [-0.2, 0) is 6.54 Å². The van der Waals surface area contributed by atoms with Crippen molar-refractivity contribution in [1.29, 1.82) is 0 Å². The third kappa shape index (κ3) is 2.98. The molecule has 1 saturated carbocycles. The second-order valence-corrected chi connectivity index (χ2v) is 5.16. The molecule has 0 spiro atoms. The van der Waals surface area contributed by atoms with E-state index in [1.54, 1.807) is 0 Å². The molecule has 0 amide bonds. The highest BCUT2D eigenvalue weighted by Gasteiger charge is 2.40. The lowest BCUT2D eigenvalue weighted by atomic mass is 10.0. The van der Waals surface area contributed by atoms with Gasteiger partial charge < -0.3 is 9.88 Å². The molecule has 1 aromatic rings. The number of aryl methyl sites for hydroxylation is 1. The van der Waals surface area contributed by atoms with Crippen LogP contribution in [0.25, 0.3) is 0 Å². The third-order valence-electron chi connectivity index (χ3n) is 3.54. The first-order valence-corrected chi connectivity index (χ1v) is 6.54. The zero-order chi connectivity index (χ0) is 11.4. The summed E-state index contributed by atoms with van der Waals surface area (Å²) in [7, 11) is 0. The summed E-state index contributed by atoms with van der Waals surface area (Å²) in [5.74, 6) is 1.88. The maximum atomic E-state index is 5.80. The molecule has 90 valence electrons. The Morgan fingerprint density at radius 3 is 2.94 bits per heavy atom. The standard InChI is InChI=1S/C12H20ClN3/c1-11-15-7-9-16(11)8-6-14-10-12(2-3-12)4-5-13/h7,9,14H,2-6,8,10H2,1H3. The molecular formula is C12H20ClN3. The predicted molar refractivity (Wildman–Crippen MR) is 66.8 cm³/mol. The Kier molecular flexibility index (Phi) is 3.87. The Morgan fingerprint density at radius 2 is 2.38 bits per heavy atom. The lowest BCUT2D eigenvalue weighted by molar-refractivity contribution is 0.436. The van der Waals surface area contributed by atoms with Gasteiger partial charge in [0.25, 0.3) is 0 Å². The maximum Gasteiger partial charge on any atom is 0.105 e. The SMILES string of the molecule is Cc1nccn1CCNCC1(CCCl)CC1. The first kappa shape index (κ1) is 11.9. The van der Waals surface area contributed by atoms with Crippen LogP contribution in [0.1, 0.15) is 25.1 Å². The van der Waals surface area contributed by atoms with Gasteiger partial charge in [0.1, 0.15) is 5.82 Å². The van der Waals surface area contributed by atoms with Crippen molar-refractivity contribution in [3.05, 3.63) is 18.2 Å². The van der Waals surface area contributed by atoms with Crippen LogP contribution < -0.4 is 5.32 Å². The molecule has 0 atom stereocenters. The van der Waals surface area contributed by atoms with Crippen molar-refractivity contribution in [1.82, 2.24) is 14.9 Å². The number of nitrogens with one attached hydrogen (secondary N) is 1. The number of alkyl halides is 1. The molecule has 3 nitrogen and oxygen atoms in total. The summed E-state index contributed by atoms with van der Waals surface area (Å²) in [6.45, 7) is 5.17. The van der Waals surface area contributed by atoms with E-state index in [1.807, 2.05) is 19.3 Å². The number of halogens is 1. The maximum absolute atomic E-state index is 5.80. The van der Waals surface area contributed by atoms with Gasteiger partial charge in [0.05, 0.1) is 0 Å². The van der Waals surface area contributed by atoms with Gasteiger partial charge in [-0.3, -0.25) is 0 Å². The van der Waals surface area contributed by atoms with E-state index >= 15 is 0 Å². The van der Waals surface area contributed by atoms with E-state index in [4.69, 9.17) is 11.6 Å². The predicted octanol–water partition coefficient (Wildman–Crippen LogP) is 2.19. The molecule has 0 aromatic carbocycles. The average Bonchev–Trinajstić information content (AvgIpc) is 2.91. The summed E-state index contributed by atoms with van der Waals surface area (Å²) in [5, 5.41) is 3.53. The molecule has 1 aliphatic rings. The molecule has 16 heavy (non-hydrogen) atoms. The molecule has 1 aromatic heterocycles. The van der Waals surface area contributed by atoms with Gasteiger partial charge in [0, 0.05) is 37.9 Å². The van der Waals surface area contributed by atoms with Gasteiger partial charge in [0.2, 0.25) is 0 Å². The van der Waals surface area contributed by atoms with E-state index < -0.39 is 0 Å². The molecule has 1 N–H and O–H groups in total. The fourth-order valence-electron chi connectivity index (χ4n) is 2.09. The summed E-state index contributed by atoms with van der Waals surface area (Å²) in [6, 6.07) is 0. The third-order valence-corrected chi connectivity index (χ3v) is 3.72. The van der Waals surface area contributed by atoms with Crippen LogP contribution in [0.15, 0.2) is 12.4 Å². The second-order valence-electron chi connectivity index (χ2n) is 4.78.